The molecule has 0 atom stereocenters. The van der Waals surface area contributed by atoms with Crippen molar-refractivity contribution >= 4 is 54.9 Å². The van der Waals surface area contributed by atoms with E-state index in [1.807, 2.05) is 25.1 Å². The van der Waals surface area contributed by atoms with Crippen LogP contribution >= 0.6 is 27.3 Å². The van der Waals surface area contributed by atoms with Crippen LogP contribution in [0.5, 0.6) is 0 Å². The highest BCUT2D eigenvalue weighted by Gasteiger charge is 2.18. The Morgan fingerprint density at radius 1 is 1.33 bits per heavy atom. The number of aromatic nitrogens is 2. The van der Waals surface area contributed by atoms with Crippen LogP contribution in [0, 0.1) is 6.92 Å². The molecule has 0 radical (unpaired) electrons. The lowest BCUT2D eigenvalue weighted by molar-refractivity contribution is 0.103. The Kier molecular flexibility index (Phi) is 3.60. The molecule has 7 heteroatoms. The van der Waals surface area contributed by atoms with Crippen molar-refractivity contribution in [2.75, 3.05) is 11.1 Å². The van der Waals surface area contributed by atoms with Crippen molar-refractivity contribution in [3.8, 4) is 0 Å². The van der Waals surface area contributed by atoms with Crippen LogP contribution < -0.4 is 11.1 Å². The Morgan fingerprint density at radius 2 is 2.10 bits per heavy atom. The van der Waals surface area contributed by atoms with Gasteiger partial charge in [-0.05, 0) is 24.6 Å². The Labute approximate surface area is 133 Å². The predicted octanol–water partition coefficient (Wildman–Crippen LogP) is 3.60. The molecule has 0 saturated carbocycles. The van der Waals surface area contributed by atoms with Gasteiger partial charge in [-0.25, -0.2) is 9.97 Å². The topological polar surface area (TPSA) is 80.9 Å². The quantitative estimate of drug-likeness (QED) is 0.729. The third kappa shape index (κ3) is 2.62. The molecule has 0 saturated heterocycles. The second kappa shape index (κ2) is 5.42. The third-order valence-corrected chi connectivity index (χ3v) is 4.95. The van der Waals surface area contributed by atoms with Crippen molar-refractivity contribution in [1.82, 2.24) is 9.97 Å². The maximum Gasteiger partial charge on any atom is 0.268 e. The number of thiophene rings is 1. The van der Waals surface area contributed by atoms with Gasteiger partial charge >= 0.3 is 0 Å². The van der Waals surface area contributed by atoms with Crippen LogP contribution in [0.1, 0.15) is 15.2 Å². The summed E-state index contributed by atoms with van der Waals surface area (Å²) in [6, 6.07) is 5.63. The van der Waals surface area contributed by atoms with Crippen LogP contribution in [0.4, 0.5) is 11.4 Å². The molecule has 0 unspecified atom stereocenters. The average Bonchev–Trinajstić information content (AvgIpc) is 2.81. The molecule has 106 valence electrons. The lowest BCUT2D eigenvalue weighted by Gasteiger charge is -2.06. The number of aryl methyl sites for hydroxylation is 1. The van der Waals surface area contributed by atoms with Crippen molar-refractivity contribution < 1.29 is 4.79 Å². The van der Waals surface area contributed by atoms with E-state index in [4.69, 9.17) is 5.73 Å². The fraction of sp³-hybridized carbons (Fsp3) is 0.0714. The van der Waals surface area contributed by atoms with Gasteiger partial charge in [-0.1, -0.05) is 22.0 Å². The molecular weight excluding hydrogens is 352 g/mol. The summed E-state index contributed by atoms with van der Waals surface area (Å²) in [5.74, 6) is -0.256. The van der Waals surface area contributed by atoms with E-state index in [2.05, 4.69) is 31.2 Å². The second-order valence-corrected chi connectivity index (χ2v) is 6.33. The largest absolute Gasteiger partial charge is 0.396 e. The lowest BCUT2D eigenvalue weighted by Crippen LogP contribution is -2.12. The standard InChI is InChI=1S/C14H11BrN4OS/c1-7-2-3-8(6-9(7)15)19-13(20)12-10(16)11-14(21-12)18-5-4-17-11/h2-6H,16H2,1H3,(H,19,20). The van der Waals surface area contributed by atoms with Crippen LogP contribution in [0.15, 0.2) is 35.1 Å². The zero-order valence-corrected chi connectivity index (χ0v) is 13.5. The summed E-state index contributed by atoms with van der Waals surface area (Å²) in [5.41, 5.74) is 8.72. The van der Waals surface area contributed by atoms with Gasteiger partial charge in [0.2, 0.25) is 0 Å². The number of carbonyl (C=O) groups excluding carboxylic acids is 1. The number of hydrogen-bond donors (Lipinski definition) is 2. The van der Waals surface area contributed by atoms with Crippen LogP contribution in [0.25, 0.3) is 10.3 Å². The van der Waals surface area contributed by atoms with E-state index in [0.717, 1.165) is 10.0 Å². The fourth-order valence-electron chi connectivity index (χ4n) is 1.87. The molecule has 3 aromatic rings. The SMILES string of the molecule is Cc1ccc(NC(=O)c2sc3nccnc3c2N)cc1Br. The van der Waals surface area contributed by atoms with Crippen LogP contribution in [0.3, 0.4) is 0 Å². The van der Waals surface area contributed by atoms with Crippen LogP contribution in [0.2, 0.25) is 0 Å². The van der Waals surface area contributed by atoms with Gasteiger partial charge in [0.25, 0.3) is 5.91 Å². The molecule has 1 amide bonds. The van der Waals surface area contributed by atoms with Gasteiger partial charge in [0, 0.05) is 22.6 Å². The van der Waals surface area contributed by atoms with E-state index in [-0.39, 0.29) is 5.91 Å². The molecule has 5 nitrogen and oxygen atoms in total. The number of nitrogen functional groups attached to an aromatic ring is 1. The van der Waals surface area contributed by atoms with Crippen molar-refractivity contribution in [2.24, 2.45) is 0 Å². The summed E-state index contributed by atoms with van der Waals surface area (Å²) >= 11 is 4.68. The van der Waals surface area contributed by atoms with Crippen molar-refractivity contribution in [1.29, 1.82) is 0 Å². The zero-order valence-electron chi connectivity index (χ0n) is 11.1. The Bertz CT molecular complexity index is 846. The molecule has 3 N–H and O–H groups in total. The van der Waals surface area contributed by atoms with Crippen molar-refractivity contribution in [3.63, 3.8) is 0 Å². The van der Waals surface area contributed by atoms with Gasteiger partial charge in [0.05, 0.1) is 5.69 Å². The zero-order chi connectivity index (χ0) is 15.0. The highest BCUT2D eigenvalue weighted by Crippen LogP contribution is 2.31. The van der Waals surface area contributed by atoms with Gasteiger partial charge in [0.1, 0.15) is 15.2 Å². The highest BCUT2D eigenvalue weighted by atomic mass is 79.9. The number of benzene rings is 1. The highest BCUT2D eigenvalue weighted by molar-refractivity contribution is 9.10. The van der Waals surface area contributed by atoms with E-state index < -0.39 is 0 Å². The number of nitrogens with zero attached hydrogens (tertiary/aromatic N) is 2. The van der Waals surface area contributed by atoms with Gasteiger partial charge in [-0.15, -0.1) is 11.3 Å². The molecule has 2 aromatic heterocycles. The number of halogens is 1. The van der Waals surface area contributed by atoms with E-state index in [9.17, 15) is 4.79 Å². The number of rotatable bonds is 2. The van der Waals surface area contributed by atoms with Gasteiger partial charge < -0.3 is 11.1 Å². The maximum atomic E-state index is 12.3. The third-order valence-electron chi connectivity index (χ3n) is 3.00. The van der Waals surface area contributed by atoms with Crippen molar-refractivity contribution in [3.05, 3.63) is 45.5 Å². The second-order valence-electron chi connectivity index (χ2n) is 4.47. The maximum absolute atomic E-state index is 12.3. The minimum absolute atomic E-state index is 0.256. The molecule has 0 spiro atoms. The molecule has 0 aliphatic carbocycles. The number of nitrogens with one attached hydrogen (secondary N) is 1. The van der Waals surface area contributed by atoms with Gasteiger partial charge in [-0.2, -0.15) is 0 Å². The first-order chi connectivity index (χ1) is 10.1. The van der Waals surface area contributed by atoms with Gasteiger partial charge in [0.15, 0.2) is 0 Å². The first-order valence-electron chi connectivity index (χ1n) is 6.13. The molecule has 0 aliphatic heterocycles. The first kappa shape index (κ1) is 14.0. The number of hydrogen-bond acceptors (Lipinski definition) is 5. The van der Waals surface area contributed by atoms with Crippen LogP contribution in [-0.2, 0) is 0 Å². The normalized spacial score (nSPS) is 10.8. The summed E-state index contributed by atoms with van der Waals surface area (Å²) in [6.07, 6.45) is 3.14. The Balaban J connectivity index is 1.93. The lowest BCUT2D eigenvalue weighted by atomic mass is 10.2. The monoisotopic (exact) mass is 362 g/mol. The van der Waals surface area contributed by atoms with E-state index in [1.165, 1.54) is 11.3 Å². The number of nitrogens with two attached hydrogens (primary N) is 1. The van der Waals surface area contributed by atoms with Crippen molar-refractivity contribution in [2.45, 2.75) is 6.92 Å². The van der Waals surface area contributed by atoms with E-state index >= 15 is 0 Å². The summed E-state index contributed by atoms with van der Waals surface area (Å²) in [7, 11) is 0. The van der Waals surface area contributed by atoms with E-state index in [1.54, 1.807) is 12.4 Å². The minimum atomic E-state index is -0.256. The van der Waals surface area contributed by atoms with Gasteiger partial charge in [-0.3, -0.25) is 4.79 Å². The number of fused-ring (bicyclic) bond motifs is 1. The molecule has 21 heavy (non-hydrogen) atoms. The summed E-state index contributed by atoms with van der Waals surface area (Å²) in [4.78, 5) is 21.7. The smallest absolute Gasteiger partial charge is 0.268 e. The minimum Gasteiger partial charge on any atom is -0.396 e. The average molecular weight is 363 g/mol. The molecule has 0 bridgehead atoms. The Morgan fingerprint density at radius 3 is 2.81 bits per heavy atom. The summed E-state index contributed by atoms with van der Waals surface area (Å²) in [6.45, 7) is 1.98. The number of carbonyl (C=O) groups is 1. The molecule has 3 rings (SSSR count). The van der Waals surface area contributed by atoms with E-state index in [0.29, 0.717) is 26.6 Å². The Hall–Kier alpha value is -1.99. The molecule has 0 aliphatic rings. The summed E-state index contributed by atoms with van der Waals surface area (Å²) in [5, 5.41) is 2.83. The van der Waals surface area contributed by atoms with Crippen LogP contribution in [-0.4, -0.2) is 15.9 Å². The molecule has 0 fully saturated rings. The number of anilines is 2. The predicted molar refractivity (Wildman–Crippen MR) is 88.7 cm³/mol. The molecule has 1 aromatic carbocycles. The number of amides is 1. The summed E-state index contributed by atoms with van der Waals surface area (Å²) < 4.78 is 0.938. The fourth-order valence-corrected chi connectivity index (χ4v) is 3.17. The molecule has 2 heterocycles. The molecular formula is C14H11BrN4OS. The first-order valence-corrected chi connectivity index (χ1v) is 7.73.